The third-order valence-electron chi connectivity index (χ3n) is 3.15. The molecule has 0 saturated carbocycles. The van der Waals surface area contributed by atoms with Crippen LogP contribution in [0.2, 0.25) is 0 Å². The number of hydrogen-bond acceptors (Lipinski definition) is 4. The van der Waals surface area contributed by atoms with Crippen LogP contribution in [0.15, 0.2) is 54.6 Å². The van der Waals surface area contributed by atoms with E-state index in [9.17, 15) is 9.59 Å². The Balaban J connectivity index is 2.12. The first kappa shape index (κ1) is 16.5. The molecule has 0 aliphatic rings. The van der Waals surface area contributed by atoms with Crippen LogP contribution in [-0.2, 0) is 11.3 Å². The van der Waals surface area contributed by atoms with Gasteiger partial charge >= 0.3 is 12.1 Å². The molecule has 0 bridgehead atoms. The van der Waals surface area contributed by atoms with Crippen LogP contribution in [-0.4, -0.2) is 35.4 Å². The highest BCUT2D eigenvalue weighted by atomic mass is 16.6. The Labute approximate surface area is 133 Å². The number of ether oxygens (including phenoxy) is 1. The molecule has 23 heavy (non-hydrogen) atoms. The molecule has 2 aromatic rings. The Bertz CT molecular complexity index is 672. The lowest BCUT2D eigenvalue weighted by molar-refractivity contribution is 0.0696. The lowest BCUT2D eigenvalue weighted by atomic mass is 10.2. The maximum atomic E-state index is 12.2. The Morgan fingerprint density at radius 3 is 2.43 bits per heavy atom. The fourth-order valence-corrected chi connectivity index (χ4v) is 2.03. The second-order valence-electron chi connectivity index (χ2n) is 4.77. The maximum absolute atomic E-state index is 12.2. The molecule has 0 atom stereocenters. The molecule has 2 aromatic carbocycles. The number of aliphatic hydroxyl groups is 1. The molecule has 0 heterocycles. The molecule has 0 aliphatic carbocycles. The number of aliphatic hydroxyl groups excluding tert-OH is 1. The van der Waals surface area contributed by atoms with Gasteiger partial charge in [-0.3, -0.25) is 4.90 Å². The van der Waals surface area contributed by atoms with Gasteiger partial charge in [0.15, 0.2) is 0 Å². The van der Waals surface area contributed by atoms with Gasteiger partial charge in [-0.1, -0.05) is 36.4 Å². The van der Waals surface area contributed by atoms with Crippen molar-refractivity contribution >= 4 is 17.7 Å². The van der Waals surface area contributed by atoms with Crippen LogP contribution in [0.3, 0.4) is 0 Å². The first-order valence-corrected chi connectivity index (χ1v) is 7.04. The van der Waals surface area contributed by atoms with Crippen LogP contribution >= 0.6 is 0 Å². The van der Waals surface area contributed by atoms with Gasteiger partial charge in [0.1, 0.15) is 6.61 Å². The number of carbonyl (C=O) groups excluding carboxylic acids is 1. The average Bonchev–Trinajstić information content (AvgIpc) is 2.58. The van der Waals surface area contributed by atoms with Crippen molar-refractivity contribution in [2.75, 3.05) is 18.1 Å². The predicted molar refractivity (Wildman–Crippen MR) is 84.5 cm³/mol. The minimum absolute atomic E-state index is 0.0106. The van der Waals surface area contributed by atoms with Crippen molar-refractivity contribution < 1.29 is 24.5 Å². The Morgan fingerprint density at radius 2 is 1.78 bits per heavy atom. The molecule has 0 spiro atoms. The molecule has 0 aromatic heterocycles. The third kappa shape index (κ3) is 4.55. The van der Waals surface area contributed by atoms with Gasteiger partial charge in [0.25, 0.3) is 0 Å². The van der Waals surface area contributed by atoms with Gasteiger partial charge in [0.2, 0.25) is 0 Å². The maximum Gasteiger partial charge on any atom is 0.414 e. The fourth-order valence-electron chi connectivity index (χ4n) is 2.03. The van der Waals surface area contributed by atoms with Crippen molar-refractivity contribution in [2.45, 2.75) is 6.61 Å². The Morgan fingerprint density at radius 1 is 1.04 bits per heavy atom. The first-order chi connectivity index (χ1) is 11.1. The first-order valence-electron chi connectivity index (χ1n) is 7.04. The van der Waals surface area contributed by atoms with Crippen molar-refractivity contribution in [2.24, 2.45) is 0 Å². The molecule has 1 amide bonds. The number of carboxylic acids is 1. The van der Waals surface area contributed by atoms with E-state index < -0.39 is 12.1 Å². The minimum atomic E-state index is -1.09. The number of amides is 1. The summed E-state index contributed by atoms with van der Waals surface area (Å²) in [7, 11) is 0. The summed E-state index contributed by atoms with van der Waals surface area (Å²) in [5, 5.41) is 18.2. The lowest BCUT2D eigenvalue weighted by Gasteiger charge is -2.21. The van der Waals surface area contributed by atoms with E-state index in [4.69, 9.17) is 14.9 Å². The molecule has 2 rings (SSSR count). The summed E-state index contributed by atoms with van der Waals surface area (Å²) in [4.78, 5) is 24.5. The summed E-state index contributed by atoms with van der Waals surface area (Å²) >= 11 is 0. The average molecular weight is 315 g/mol. The summed E-state index contributed by atoms with van der Waals surface area (Å²) in [6, 6.07) is 15.1. The van der Waals surface area contributed by atoms with Gasteiger partial charge < -0.3 is 14.9 Å². The van der Waals surface area contributed by atoms with E-state index in [2.05, 4.69) is 0 Å². The van der Waals surface area contributed by atoms with Crippen LogP contribution in [0, 0.1) is 0 Å². The number of aromatic carboxylic acids is 1. The van der Waals surface area contributed by atoms with Gasteiger partial charge in [-0.05, 0) is 23.8 Å². The van der Waals surface area contributed by atoms with Crippen LogP contribution in [0.5, 0.6) is 0 Å². The summed E-state index contributed by atoms with van der Waals surface area (Å²) in [5.74, 6) is -1.09. The van der Waals surface area contributed by atoms with E-state index in [1.807, 2.05) is 30.3 Å². The predicted octanol–water partition coefficient (Wildman–Crippen LogP) is 2.52. The Kier molecular flexibility index (Phi) is 5.71. The summed E-state index contributed by atoms with van der Waals surface area (Å²) in [6.45, 7) is -0.158. The summed E-state index contributed by atoms with van der Waals surface area (Å²) in [5.41, 5.74) is 1.25. The molecule has 0 radical (unpaired) electrons. The highest BCUT2D eigenvalue weighted by Crippen LogP contribution is 2.18. The van der Waals surface area contributed by atoms with Crippen molar-refractivity contribution in [3.05, 3.63) is 65.7 Å². The van der Waals surface area contributed by atoms with Gasteiger partial charge in [0.05, 0.1) is 18.7 Å². The van der Waals surface area contributed by atoms with E-state index in [1.165, 1.54) is 23.1 Å². The number of hydrogen-bond donors (Lipinski definition) is 2. The SMILES string of the molecule is O=C(O)c1cccc(N(CCO)C(=O)OCc2ccccc2)c1. The lowest BCUT2D eigenvalue weighted by Crippen LogP contribution is -2.34. The van der Waals surface area contributed by atoms with Crippen LogP contribution in [0.4, 0.5) is 10.5 Å². The van der Waals surface area contributed by atoms with Crippen molar-refractivity contribution in [1.29, 1.82) is 0 Å². The largest absolute Gasteiger partial charge is 0.478 e. The normalized spacial score (nSPS) is 10.1. The molecular weight excluding hydrogens is 298 g/mol. The minimum Gasteiger partial charge on any atom is -0.478 e. The molecule has 2 N–H and O–H groups in total. The molecule has 6 heteroatoms. The van der Waals surface area contributed by atoms with Crippen molar-refractivity contribution in [3.63, 3.8) is 0 Å². The zero-order valence-electron chi connectivity index (χ0n) is 12.4. The van der Waals surface area contributed by atoms with Gasteiger partial charge in [0, 0.05) is 5.69 Å². The van der Waals surface area contributed by atoms with Crippen molar-refractivity contribution in [3.8, 4) is 0 Å². The Hall–Kier alpha value is -2.86. The fraction of sp³-hybridized carbons (Fsp3) is 0.176. The topological polar surface area (TPSA) is 87.1 Å². The zero-order valence-corrected chi connectivity index (χ0v) is 12.4. The van der Waals surface area contributed by atoms with E-state index in [0.29, 0.717) is 5.69 Å². The van der Waals surface area contributed by atoms with Gasteiger partial charge in [-0.15, -0.1) is 0 Å². The second-order valence-corrected chi connectivity index (χ2v) is 4.77. The number of carboxylic acid groups (broad SMARTS) is 1. The summed E-state index contributed by atoms with van der Waals surface area (Å²) < 4.78 is 5.23. The van der Waals surface area contributed by atoms with E-state index in [1.54, 1.807) is 6.07 Å². The molecule has 0 aliphatic heterocycles. The van der Waals surface area contributed by atoms with E-state index >= 15 is 0 Å². The third-order valence-corrected chi connectivity index (χ3v) is 3.15. The molecule has 0 saturated heterocycles. The van der Waals surface area contributed by atoms with Gasteiger partial charge in [-0.2, -0.15) is 0 Å². The standard InChI is InChI=1S/C17H17NO5/c19-10-9-18(15-8-4-7-14(11-15)16(20)21)17(22)23-12-13-5-2-1-3-6-13/h1-8,11,19H,9-10,12H2,(H,20,21). The smallest absolute Gasteiger partial charge is 0.414 e. The molecule has 6 nitrogen and oxygen atoms in total. The highest BCUT2D eigenvalue weighted by Gasteiger charge is 2.18. The number of rotatable bonds is 6. The zero-order chi connectivity index (χ0) is 16.7. The second kappa shape index (κ2) is 7.95. The summed E-state index contributed by atoms with van der Waals surface area (Å²) in [6.07, 6.45) is -0.648. The number of nitrogens with zero attached hydrogens (tertiary/aromatic N) is 1. The van der Waals surface area contributed by atoms with Crippen molar-refractivity contribution in [1.82, 2.24) is 0 Å². The number of benzene rings is 2. The van der Waals surface area contributed by atoms with E-state index in [-0.39, 0.29) is 25.3 Å². The molecule has 0 unspecified atom stereocenters. The molecular formula is C17H17NO5. The molecule has 0 fully saturated rings. The monoisotopic (exact) mass is 315 g/mol. The number of carbonyl (C=O) groups is 2. The van der Waals surface area contributed by atoms with E-state index in [0.717, 1.165) is 5.56 Å². The van der Waals surface area contributed by atoms with Crippen LogP contribution in [0.25, 0.3) is 0 Å². The van der Waals surface area contributed by atoms with Crippen LogP contribution in [0.1, 0.15) is 15.9 Å². The molecule has 120 valence electrons. The van der Waals surface area contributed by atoms with Crippen LogP contribution < -0.4 is 4.90 Å². The highest BCUT2D eigenvalue weighted by molar-refractivity contribution is 5.92. The van der Waals surface area contributed by atoms with Gasteiger partial charge in [-0.25, -0.2) is 9.59 Å². The number of anilines is 1. The quantitative estimate of drug-likeness (QED) is 0.855.